The van der Waals surface area contributed by atoms with Crippen molar-refractivity contribution >= 4 is 5.91 Å². The van der Waals surface area contributed by atoms with Gasteiger partial charge in [-0.05, 0) is 12.1 Å². The average molecular weight is 178 g/mol. The molecular formula is C9H7FN2O. The smallest absolute Gasteiger partial charge is 0.259 e. The highest BCUT2D eigenvalue weighted by molar-refractivity contribution is 5.94. The molecule has 1 aromatic rings. The van der Waals surface area contributed by atoms with Crippen molar-refractivity contribution < 1.29 is 9.18 Å². The molecule has 4 heteroatoms. The summed E-state index contributed by atoms with van der Waals surface area (Å²) >= 11 is 0. The number of carbonyl (C=O) groups excluding carboxylic acids is 1. The summed E-state index contributed by atoms with van der Waals surface area (Å²) in [7, 11) is 0. The van der Waals surface area contributed by atoms with Gasteiger partial charge in [-0.2, -0.15) is 5.26 Å². The molecule has 1 amide bonds. The normalized spacial score (nSPS) is 11.4. The number of nitrogens with zero attached hydrogens (tertiary/aromatic N) is 1. The number of rotatable bonds is 2. The summed E-state index contributed by atoms with van der Waals surface area (Å²) in [6.45, 7) is 0. The second-order valence-electron chi connectivity index (χ2n) is 2.33. The van der Waals surface area contributed by atoms with Crippen LogP contribution in [-0.2, 0) is 0 Å². The van der Waals surface area contributed by atoms with Crippen molar-refractivity contribution in [3.63, 3.8) is 0 Å². The minimum absolute atomic E-state index is 0.334. The van der Waals surface area contributed by atoms with Crippen molar-refractivity contribution in [2.75, 3.05) is 0 Å². The zero-order valence-corrected chi connectivity index (χ0v) is 6.70. The van der Waals surface area contributed by atoms with Crippen LogP contribution in [0.3, 0.4) is 0 Å². The van der Waals surface area contributed by atoms with E-state index in [4.69, 9.17) is 5.26 Å². The second-order valence-corrected chi connectivity index (χ2v) is 2.33. The Kier molecular flexibility index (Phi) is 2.98. The van der Waals surface area contributed by atoms with Gasteiger partial charge in [0.05, 0.1) is 0 Å². The first-order valence-corrected chi connectivity index (χ1v) is 3.63. The van der Waals surface area contributed by atoms with E-state index in [0.717, 1.165) is 0 Å². The molecule has 0 fully saturated rings. The zero-order chi connectivity index (χ0) is 9.68. The molecule has 66 valence electrons. The fraction of sp³-hybridized carbons (Fsp3) is 0.111. The number of hydrogen-bond acceptors (Lipinski definition) is 2. The summed E-state index contributed by atoms with van der Waals surface area (Å²) in [5.74, 6) is -0.588. The topological polar surface area (TPSA) is 52.9 Å². The van der Waals surface area contributed by atoms with Crippen LogP contribution in [0.15, 0.2) is 30.3 Å². The fourth-order valence-corrected chi connectivity index (χ4v) is 0.820. The van der Waals surface area contributed by atoms with Gasteiger partial charge < -0.3 is 5.32 Å². The van der Waals surface area contributed by atoms with E-state index in [-0.39, 0.29) is 0 Å². The molecule has 1 unspecified atom stereocenters. The molecule has 0 spiro atoms. The molecule has 0 aliphatic rings. The molecule has 0 radical (unpaired) electrons. The van der Waals surface area contributed by atoms with Crippen molar-refractivity contribution in [3.05, 3.63) is 35.9 Å². The third-order valence-corrected chi connectivity index (χ3v) is 1.41. The van der Waals surface area contributed by atoms with Gasteiger partial charge in [0.25, 0.3) is 12.2 Å². The lowest BCUT2D eigenvalue weighted by Crippen LogP contribution is -2.30. The first-order valence-electron chi connectivity index (χ1n) is 3.63. The van der Waals surface area contributed by atoms with Crippen LogP contribution < -0.4 is 5.32 Å². The van der Waals surface area contributed by atoms with Gasteiger partial charge in [-0.15, -0.1) is 0 Å². The molecule has 1 atom stereocenters. The van der Waals surface area contributed by atoms with E-state index in [0.29, 0.717) is 5.56 Å². The van der Waals surface area contributed by atoms with E-state index in [2.05, 4.69) is 0 Å². The monoisotopic (exact) mass is 178 g/mol. The largest absolute Gasteiger partial charge is 0.311 e. The van der Waals surface area contributed by atoms with Gasteiger partial charge in [0.1, 0.15) is 6.07 Å². The van der Waals surface area contributed by atoms with Crippen molar-refractivity contribution in [2.24, 2.45) is 0 Å². The predicted octanol–water partition coefficient (Wildman–Crippen LogP) is 1.24. The summed E-state index contributed by atoms with van der Waals surface area (Å²) in [4.78, 5) is 11.1. The molecule has 1 rings (SSSR count). The molecule has 0 saturated carbocycles. The van der Waals surface area contributed by atoms with Crippen LogP contribution in [-0.4, -0.2) is 12.2 Å². The molecule has 0 aromatic heterocycles. The Morgan fingerprint density at radius 3 is 2.62 bits per heavy atom. The lowest BCUT2D eigenvalue weighted by Gasteiger charge is -2.02. The first-order chi connectivity index (χ1) is 6.24. The molecule has 1 aromatic carbocycles. The second kappa shape index (κ2) is 4.21. The maximum absolute atomic E-state index is 12.4. The molecule has 1 N–H and O–H groups in total. The summed E-state index contributed by atoms with van der Waals surface area (Å²) in [5.41, 5.74) is 0.334. The standard InChI is InChI=1S/C9H7FN2O/c10-8(6-11)12-9(13)7-4-2-1-3-5-7/h1-5,8H,(H,12,13). The summed E-state index contributed by atoms with van der Waals surface area (Å²) < 4.78 is 12.4. The summed E-state index contributed by atoms with van der Waals surface area (Å²) in [6.07, 6.45) is -1.95. The number of nitriles is 1. The molecule has 0 aliphatic carbocycles. The van der Waals surface area contributed by atoms with Crippen LogP contribution in [0.2, 0.25) is 0 Å². The van der Waals surface area contributed by atoms with Gasteiger partial charge in [0.15, 0.2) is 0 Å². The molecule has 3 nitrogen and oxygen atoms in total. The Bertz CT molecular complexity index is 331. The number of carbonyl (C=O) groups is 1. The first kappa shape index (κ1) is 9.20. The highest BCUT2D eigenvalue weighted by Gasteiger charge is 2.09. The maximum atomic E-state index is 12.4. The van der Waals surface area contributed by atoms with Gasteiger partial charge >= 0.3 is 0 Å². The Morgan fingerprint density at radius 1 is 1.46 bits per heavy atom. The molecule has 0 bridgehead atoms. The zero-order valence-electron chi connectivity index (χ0n) is 6.70. The van der Waals surface area contributed by atoms with E-state index in [1.54, 1.807) is 30.3 Å². The SMILES string of the molecule is N#CC(F)NC(=O)c1ccccc1. The van der Waals surface area contributed by atoms with E-state index >= 15 is 0 Å². The maximum Gasteiger partial charge on any atom is 0.259 e. The lowest BCUT2D eigenvalue weighted by atomic mass is 10.2. The number of halogens is 1. The van der Waals surface area contributed by atoms with Gasteiger partial charge in [-0.1, -0.05) is 18.2 Å². The minimum atomic E-state index is -1.95. The fourth-order valence-electron chi connectivity index (χ4n) is 0.820. The minimum Gasteiger partial charge on any atom is -0.311 e. The average Bonchev–Trinajstić information content (AvgIpc) is 2.19. The third-order valence-electron chi connectivity index (χ3n) is 1.41. The van der Waals surface area contributed by atoms with Crippen molar-refractivity contribution in [1.29, 1.82) is 5.26 Å². The van der Waals surface area contributed by atoms with Gasteiger partial charge in [-0.3, -0.25) is 4.79 Å². The van der Waals surface area contributed by atoms with E-state index in [9.17, 15) is 9.18 Å². The number of nitrogens with one attached hydrogen (secondary N) is 1. The van der Waals surface area contributed by atoms with Crippen LogP contribution in [0, 0.1) is 11.3 Å². The molecular weight excluding hydrogens is 171 g/mol. The van der Waals surface area contributed by atoms with Gasteiger partial charge in [-0.25, -0.2) is 4.39 Å². The highest BCUT2D eigenvalue weighted by Crippen LogP contribution is 1.98. The van der Waals surface area contributed by atoms with Crippen molar-refractivity contribution in [3.8, 4) is 6.07 Å². The third kappa shape index (κ3) is 2.56. The Morgan fingerprint density at radius 2 is 2.08 bits per heavy atom. The predicted molar refractivity (Wildman–Crippen MR) is 44.4 cm³/mol. The Balaban J connectivity index is 2.66. The van der Waals surface area contributed by atoms with E-state index in [1.165, 1.54) is 6.07 Å². The Labute approximate surface area is 74.8 Å². The van der Waals surface area contributed by atoms with Crippen LogP contribution in [0.1, 0.15) is 10.4 Å². The number of amides is 1. The van der Waals surface area contributed by atoms with Crippen LogP contribution >= 0.6 is 0 Å². The van der Waals surface area contributed by atoms with Gasteiger partial charge in [0.2, 0.25) is 0 Å². The lowest BCUT2D eigenvalue weighted by molar-refractivity contribution is 0.0918. The van der Waals surface area contributed by atoms with Crippen LogP contribution in [0.4, 0.5) is 4.39 Å². The highest BCUT2D eigenvalue weighted by atomic mass is 19.1. The van der Waals surface area contributed by atoms with Crippen molar-refractivity contribution in [1.82, 2.24) is 5.32 Å². The van der Waals surface area contributed by atoms with Crippen LogP contribution in [0.25, 0.3) is 0 Å². The van der Waals surface area contributed by atoms with Crippen molar-refractivity contribution in [2.45, 2.75) is 6.30 Å². The Hall–Kier alpha value is -1.89. The summed E-state index contributed by atoms with van der Waals surface area (Å²) in [6, 6.07) is 9.42. The molecule has 0 aliphatic heterocycles. The molecule has 13 heavy (non-hydrogen) atoms. The van der Waals surface area contributed by atoms with Crippen LogP contribution in [0.5, 0.6) is 0 Å². The quantitative estimate of drug-likeness (QED) is 0.692. The number of hydrogen-bond donors (Lipinski definition) is 1. The molecule has 0 saturated heterocycles. The van der Waals surface area contributed by atoms with E-state index in [1.807, 2.05) is 5.32 Å². The number of alkyl halides is 1. The number of benzene rings is 1. The van der Waals surface area contributed by atoms with Gasteiger partial charge in [0, 0.05) is 5.56 Å². The van der Waals surface area contributed by atoms with E-state index < -0.39 is 12.2 Å². The molecule has 0 heterocycles. The summed E-state index contributed by atoms with van der Waals surface area (Å²) in [5, 5.41) is 9.97.